The van der Waals surface area contributed by atoms with E-state index >= 15 is 0 Å². The number of nitrogens with zero attached hydrogens (tertiary/aromatic N) is 1. The van der Waals surface area contributed by atoms with Crippen molar-refractivity contribution in [3.63, 3.8) is 0 Å². The summed E-state index contributed by atoms with van der Waals surface area (Å²) < 4.78 is -0.245. The van der Waals surface area contributed by atoms with Crippen LogP contribution in [0, 0.1) is 11.3 Å². The Morgan fingerprint density at radius 1 is 1.47 bits per heavy atom. The van der Waals surface area contributed by atoms with Crippen molar-refractivity contribution in [2.75, 3.05) is 0 Å². The molecule has 0 aliphatic heterocycles. The van der Waals surface area contributed by atoms with Gasteiger partial charge in [0, 0.05) is 5.97 Å². The molecule has 6 heteroatoms. The fraction of sp³-hybridized carbons (Fsp3) is 0.308. The molecular weight excluding hydrogens is 305 g/mol. The predicted octanol–water partition coefficient (Wildman–Crippen LogP) is -1.09. The van der Waals surface area contributed by atoms with Gasteiger partial charge in [-0.05, 0) is 25.3 Å². The third kappa shape index (κ3) is 7.00. The molecule has 0 radical (unpaired) electrons. The van der Waals surface area contributed by atoms with Crippen molar-refractivity contribution in [3.05, 3.63) is 35.9 Å². The standard InChI is InChI=1S/C13H13NO2S2.K/c1-13(9-14,8-7-11(15)16)18-12(17)10-5-3-2-4-6-10;/h2-6H,7-8H2,1H3,(H,15,16);/q;+1/p-1. The fourth-order valence-corrected chi connectivity index (χ4v) is 2.91. The van der Waals surface area contributed by atoms with Crippen LogP contribution in [0.1, 0.15) is 25.3 Å². The summed E-state index contributed by atoms with van der Waals surface area (Å²) >= 11 is 6.48. The SMILES string of the molecule is CC(C#N)(CCC(=O)[O-])SC(=S)c1ccccc1.[K+]. The fourth-order valence-electron chi connectivity index (χ4n) is 1.31. The van der Waals surface area contributed by atoms with Gasteiger partial charge < -0.3 is 9.90 Å². The van der Waals surface area contributed by atoms with Crippen LogP contribution in [0.5, 0.6) is 0 Å². The van der Waals surface area contributed by atoms with Crippen LogP contribution in [-0.4, -0.2) is 14.9 Å². The van der Waals surface area contributed by atoms with E-state index in [4.69, 9.17) is 17.5 Å². The number of thiocarbonyl (C=S) groups is 1. The number of aliphatic carboxylic acids is 1. The first-order valence-corrected chi connectivity index (χ1v) is 6.59. The van der Waals surface area contributed by atoms with Gasteiger partial charge in [-0.3, -0.25) is 0 Å². The molecule has 1 aromatic rings. The Kier molecular flexibility index (Phi) is 9.36. The van der Waals surface area contributed by atoms with Crippen LogP contribution in [0.4, 0.5) is 0 Å². The van der Waals surface area contributed by atoms with Gasteiger partial charge in [0.25, 0.3) is 0 Å². The zero-order valence-corrected chi connectivity index (χ0v) is 15.6. The van der Waals surface area contributed by atoms with E-state index in [0.29, 0.717) is 4.20 Å². The van der Waals surface area contributed by atoms with Crippen LogP contribution >= 0.6 is 24.0 Å². The van der Waals surface area contributed by atoms with E-state index in [-0.39, 0.29) is 64.2 Å². The average Bonchev–Trinajstić information content (AvgIpc) is 2.37. The maximum absolute atomic E-state index is 10.5. The number of rotatable bonds is 5. The molecule has 0 N–H and O–H groups in total. The summed E-state index contributed by atoms with van der Waals surface area (Å²) in [7, 11) is 0. The van der Waals surface area contributed by atoms with Crippen LogP contribution in [0.2, 0.25) is 0 Å². The maximum atomic E-state index is 10.5. The minimum Gasteiger partial charge on any atom is -0.550 e. The van der Waals surface area contributed by atoms with Crippen LogP contribution in [0.3, 0.4) is 0 Å². The van der Waals surface area contributed by atoms with Crippen LogP contribution < -0.4 is 56.5 Å². The minimum absolute atomic E-state index is 0. The molecule has 0 heterocycles. The summed E-state index contributed by atoms with van der Waals surface area (Å²) in [6, 6.07) is 11.5. The number of carbonyl (C=O) groups excluding carboxylic acids is 1. The van der Waals surface area contributed by atoms with Crippen molar-refractivity contribution >= 4 is 34.1 Å². The molecule has 1 atom stereocenters. The molecule has 0 amide bonds. The van der Waals surface area contributed by atoms with Gasteiger partial charge in [0.05, 0.1) is 10.3 Å². The summed E-state index contributed by atoms with van der Waals surface area (Å²) in [5, 5.41) is 19.6. The Hall–Kier alpha value is 0.256. The zero-order chi connectivity index (χ0) is 13.6. The molecule has 0 aromatic heterocycles. The third-order valence-electron chi connectivity index (χ3n) is 2.37. The molecule has 3 nitrogen and oxygen atoms in total. The van der Waals surface area contributed by atoms with Crippen LogP contribution in [0.15, 0.2) is 30.3 Å². The molecule has 0 saturated carbocycles. The number of benzene rings is 1. The minimum atomic E-state index is -1.15. The smallest absolute Gasteiger partial charge is 0.550 e. The number of carbonyl (C=O) groups is 1. The second kappa shape index (κ2) is 9.24. The van der Waals surface area contributed by atoms with Crippen molar-refractivity contribution < 1.29 is 61.3 Å². The number of carboxylic acids is 1. The Labute approximate surface area is 165 Å². The van der Waals surface area contributed by atoms with Gasteiger partial charge in [-0.2, -0.15) is 5.26 Å². The van der Waals surface area contributed by atoms with Gasteiger partial charge >= 0.3 is 51.4 Å². The first-order valence-electron chi connectivity index (χ1n) is 5.36. The van der Waals surface area contributed by atoms with E-state index in [2.05, 4.69) is 6.07 Å². The number of nitriles is 1. The first-order chi connectivity index (χ1) is 8.47. The molecule has 0 fully saturated rings. The summed E-state index contributed by atoms with van der Waals surface area (Å²) in [6.45, 7) is 1.69. The van der Waals surface area contributed by atoms with E-state index in [9.17, 15) is 9.90 Å². The van der Waals surface area contributed by atoms with Gasteiger partial charge in [-0.15, -0.1) is 0 Å². The second-order valence-electron chi connectivity index (χ2n) is 3.97. The molecule has 0 saturated heterocycles. The molecule has 1 rings (SSSR count). The molecule has 0 aliphatic rings. The average molecular weight is 317 g/mol. The first kappa shape index (κ1) is 19.3. The molecule has 94 valence electrons. The quantitative estimate of drug-likeness (QED) is 0.510. The van der Waals surface area contributed by atoms with Crippen LogP contribution in [-0.2, 0) is 4.79 Å². The summed E-state index contributed by atoms with van der Waals surface area (Å²) in [5.41, 5.74) is 0.868. The Morgan fingerprint density at radius 3 is 2.53 bits per heavy atom. The van der Waals surface area contributed by atoms with Gasteiger partial charge in [-0.25, -0.2) is 0 Å². The van der Waals surface area contributed by atoms with E-state index in [1.54, 1.807) is 6.92 Å². The Morgan fingerprint density at radius 2 is 2.05 bits per heavy atom. The zero-order valence-electron chi connectivity index (χ0n) is 10.9. The normalized spacial score (nSPS) is 12.6. The van der Waals surface area contributed by atoms with Crippen molar-refractivity contribution in [2.24, 2.45) is 0 Å². The van der Waals surface area contributed by atoms with Crippen molar-refractivity contribution in [3.8, 4) is 6.07 Å². The predicted molar refractivity (Wildman–Crippen MR) is 74.0 cm³/mol. The van der Waals surface area contributed by atoms with E-state index < -0.39 is 10.7 Å². The van der Waals surface area contributed by atoms with E-state index in [1.165, 1.54) is 11.8 Å². The van der Waals surface area contributed by atoms with Crippen LogP contribution in [0.25, 0.3) is 0 Å². The number of hydrogen-bond donors (Lipinski definition) is 0. The number of hydrogen-bond acceptors (Lipinski definition) is 5. The largest absolute Gasteiger partial charge is 1.00 e. The Balaban J connectivity index is 0.00000324. The van der Waals surface area contributed by atoms with Gasteiger partial charge in [0.2, 0.25) is 0 Å². The molecule has 0 spiro atoms. The van der Waals surface area contributed by atoms with E-state index in [1.807, 2.05) is 30.3 Å². The number of carboxylic acid groups (broad SMARTS) is 1. The number of thioether (sulfide) groups is 1. The van der Waals surface area contributed by atoms with Crippen molar-refractivity contribution in [1.82, 2.24) is 0 Å². The maximum Gasteiger partial charge on any atom is 1.00 e. The molecule has 19 heavy (non-hydrogen) atoms. The summed E-state index contributed by atoms with van der Waals surface area (Å²) in [6.07, 6.45) is 0.0674. The molecular formula is C13H12KNO2S2. The second-order valence-corrected chi connectivity index (χ2v) is 6.15. The molecule has 0 bridgehead atoms. The van der Waals surface area contributed by atoms with Gasteiger partial charge in [0.15, 0.2) is 0 Å². The van der Waals surface area contributed by atoms with E-state index in [0.717, 1.165) is 5.56 Å². The monoisotopic (exact) mass is 317 g/mol. The molecule has 1 unspecified atom stereocenters. The van der Waals surface area contributed by atoms with Gasteiger partial charge in [0.1, 0.15) is 4.75 Å². The summed E-state index contributed by atoms with van der Waals surface area (Å²) in [4.78, 5) is 10.5. The van der Waals surface area contributed by atoms with Crippen molar-refractivity contribution in [1.29, 1.82) is 5.26 Å². The Bertz CT molecular complexity index is 487. The summed E-state index contributed by atoms with van der Waals surface area (Å²) in [5.74, 6) is -1.15. The van der Waals surface area contributed by atoms with Gasteiger partial charge in [-0.1, -0.05) is 54.3 Å². The molecule has 1 aromatic carbocycles. The topological polar surface area (TPSA) is 63.9 Å². The third-order valence-corrected chi connectivity index (χ3v) is 4.02. The van der Waals surface area contributed by atoms with Crippen molar-refractivity contribution in [2.45, 2.75) is 24.5 Å². The molecule has 0 aliphatic carbocycles.